The standard InChI is InChI=1S/C21H30N4O3S/c1-16-3-4-19-17(13-16)14-18(20(27)23-19)15-25(7-10-26)21(29)22-5-2-6-24-8-11-28-12-9-24/h3-4,13-14,26H,2,5-12,15H2,1H3,(H,22,29)(H,23,27). The van der Waals surface area contributed by atoms with Crippen LogP contribution in [0.2, 0.25) is 0 Å². The van der Waals surface area contributed by atoms with Gasteiger partial charge in [0, 0.05) is 37.3 Å². The highest BCUT2D eigenvalue weighted by Crippen LogP contribution is 2.14. The first-order valence-corrected chi connectivity index (χ1v) is 10.5. The van der Waals surface area contributed by atoms with Crippen molar-refractivity contribution in [1.82, 2.24) is 20.1 Å². The van der Waals surface area contributed by atoms with Crippen molar-refractivity contribution >= 4 is 28.2 Å². The summed E-state index contributed by atoms with van der Waals surface area (Å²) in [5.41, 5.74) is 2.47. The van der Waals surface area contributed by atoms with E-state index in [0.29, 0.717) is 23.8 Å². The van der Waals surface area contributed by atoms with E-state index in [9.17, 15) is 9.90 Å². The van der Waals surface area contributed by atoms with Crippen LogP contribution in [-0.2, 0) is 11.3 Å². The number of aliphatic hydroxyl groups excluding tert-OH is 1. The van der Waals surface area contributed by atoms with Gasteiger partial charge >= 0.3 is 0 Å². The Morgan fingerprint density at radius 2 is 2.14 bits per heavy atom. The number of ether oxygens (including phenoxy) is 1. The van der Waals surface area contributed by atoms with Crippen LogP contribution >= 0.6 is 12.2 Å². The molecule has 158 valence electrons. The van der Waals surface area contributed by atoms with Crippen molar-refractivity contribution in [2.45, 2.75) is 19.9 Å². The Morgan fingerprint density at radius 3 is 2.90 bits per heavy atom. The molecule has 1 aliphatic heterocycles. The van der Waals surface area contributed by atoms with E-state index in [1.54, 1.807) is 0 Å². The number of fused-ring (bicyclic) bond motifs is 1. The number of aryl methyl sites for hydroxylation is 1. The van der Waals surface area contributed by atoms with Crippen LogP contribution in [0.4, 0.5) is 0 Å². The molecule has 1 aliphatic rings. The minimum absolute atomic E-state index is 0.0276. The molecule has 1 saturated heterocycles. The predicted octanol–water partition coefficient (Wildman–Crippen LogP) is 1.23. The van der Waals surface area contributed by atoms with E-state index < -0.39 is 0 Å². The Morgan fingerprint density at radius 1 is 1.34 bits per heavy atom. The number of benzene rings is 1. The summed E-state index contributed by atoms with van der Waals surface area (Å²) in [6.45, 7) is 8.05. The van der Waals surface area contributed by atoms with Crippen LogP contribution in [0.15, 0.2) is 29.1 Å². The quantitative estimate of drug-likeness (QED) is 0.439. The second kappa shape index (κ2) is 10.7. The summed E-state index contributed by atoms with van der Waals surface area (Å²) in [6, 6.07) is 7.86. The Balaban J connectivity index is 1.58. The van der Waals surface area contributed by atoms with E-state index in [1.807, 2.05) is 36.1 Å². The average Bonchev–Trinajstić information content (AvgIpc) is 2.72. The van der Waals surface area contributed by atoms with E-state index in [4.69, 9.17) is 17.0 Å². The van der Waals surface area contributed by atoms with Gasteiger partial charge in [-0.25, -0.2) is 0 Å². The van der Waals surface area contributed by atoms with Crippen molar-refractivity contribution in [2.24, 2.45) is 0 Å². The molecule has 8 heteroatoms. The summed E-state index contributed by atoms with van der Waals surface area (Å²) in [4.78, 5) is 19.7. The maximum Gasteiger partial charge on any atom is 0.253 e. The average molecular weight is 419 g/mol. The van der Waals surface area contributed by atoms with Gasteiger partial charge in [-0.15, -0.1) is 0 Å². The highest BCUT2D eigenvalue weighted by atomic mass is 32.1. The zero-order chi connectivity index (χ0) is 20.6. The van der Waals surface area contributed by atoms with Crippen LogP contribution in [0.5, 0.6) is 0 Å². The maximum absolute atomic E-state index is 12.5. The Labute approximate surface area is 176 Å². The van der Waals surface area contributed by atoms with Crippen molar-refractivity contribution in [3.63, 3.8) is 0 Å². The molecule has 0 atom stereocenters. The summed E-state index contributed by atoms with van der Waals surface area (Å²) in [5, 5.41) is 14.3. The fraction of sp³-hybridized carbons (Fsp3) is 0.524. The smallest absolute Gasteiger partial charge is 0.253 e. The summed E-state index contributed by atoms with van der Waals surface area (Å²) in [5.74, 6) is 0. The predicted molar refractivity (Wildman–Crippen MR) is 119 cm³/mol. The molecule has 29 heavy (non-hydrogen) atoms. The highest BCUT2D eigenvalue weighted by Gasteiger charge is 2.14. The maximum atomic E-state index is 12.5. The molecule has 0 aliphatic carbocycles. The van der Waals surface area contributed by atoms with Crippen molar-refractivity contribution in [3.8, 4) is 0 Å². The fourth-order valence-electron chi connectivity index (χ4n) is 3.50. The molecule has 2 aromatic rings. The molecule has 1 aromatic carbocycles. The molecule has 0 bridgehead atoms. The number of morpholine rings is 1. The zero-order valence-corrected chi connectivity index (χ0v) is 17.8. The van der Waals surface area contributed by atoms with Crippen LogP contribution in [0.1, 0.15) is 17.5 Å². The van der Waals surface area contributed by atoms with Gasteiger partial charge in [-0.2, -0.15) is 0 Å². The van der Waals surface area contributed by atoms with E-state index >= 15 is 0 Å². The Bertz CT molecular complexity index is 880. The first kappa shape index (κ1) is 21.7. The monoisotopic (exact) mass is 418 g/mol. The van der Waals surface area contributed by atoms with E-state index in [2.05, 4.69) is 15.2 Å². The lowest BCUT2D eigenvalue weighted by molar-refractivity contribution is 0.0376. The zero-order valence-electron chi connectivity index (χ0n) is 16.9. The Hall–Kier alpha value is -2.00. The van der Waals surface area contributed by atoms with E-state index in [-0.39, 0.29) is 12.2 Å². The third-order valence-electron chi connectivity index (χ3n) is 5.13. The van der Waals surface area contributed by atoms with Crippen LogP contribution in [0.25, 0.3) is 10.9 Å². The summed E-state index contributed by atoms with van der Waals surface area (Å²) >= 11 is 5.53. The second-order valence-electron chi connectivity index (χ2n) is 7.40. The van der Waals surface area contributed by atoms with E-state index in [0.717, 1.165) is 62.3 Å². The number of aromatic nitrogens is 1. The number of H-pyrrole nitrogens is 1. The van der Waals surface area contributed by atoms with Crippen molar-refractivity contribution in [2.75, 3.05) is 52.5 Å². The van der Waals surface area contributed by atoms with Gasteiger partial charge in [0.25, 0.3) is 5.56 Å². The number of hydrogen-bond acceptors (Lipinski definition) is 5. The molecule has 0 spiro atoms. The summed E-state index contributed by atoms with van der Waals surface area (Å²) < 4.78 is 5.37. The third-order valence-corrected chi connectivity index (χ3v) is 5.53. The topological polar surface area (TPSA) is 80.8 Å². The molecule has 3 rings (SSSR count). The molecule has 7 nitrogen and oxygen atoms in total. The molecule has 0 radical (unpaired) electrons. The van der Waals surface area contributed by atoms with Crippen molar-refractivity contribution < 1.29 is 9.84 Å². The van der Waals surface area contributed by atoms with Gasteiger partial charge in [0.15, 0.2) is 5.11 Å². The van der Waals surface area contributed by atoms with Gasteiger partial charge in [0.05, 0.1) is 26.4 Å². The minimum Gasteiger partial charge on any atom is -0.395 e. The highest BCUT2D eigenvalue weighted by molar-refractivity contribution is 7.80. The van der Waals surface area contributed by atoms with E-state index in [1.165, 1.54) is 0 Å². The van der Waals surface area contributed by atoms with Crippen LogP contribution in [0.3, 0.4) is 0 Å². The number of pyridine rings is 1. The lowest BCUT2D eigenvalue weighted by Crippen LogP contribution is -2.43. The second-order valence-corrected chi connectivity index (χ2v) is 7.79. The molecule has 0 amide bonds. The van der Waals surface area contributed by atoms with Gasteiger partial charge in [0.1, 0.15) is 0 Å². The molecule has 1 aromatic heterocycles. The van der Waals surface area contributed by atoms with Crippen molar-refractivity contribution in [3.05, 3.63) is 45.7 Å². The van der Waals surface area contributed by atoms with Crippen molar-refractivity contribution in [1.29, 1.82) is 0 Å². The fourth-order valence-corrected chi connectivity index (χ4v) is 3.76. The number of nitrogens with zero attached hydrogens (tertiary/aromatic N) is 2. The molecule has 3 N–H and O–H groups in total. The number of aliphatic hydroxyl groups is 1. The van der Waals surface area contributed by atoms with Crippen LogP contribution in [0, 0.1) is 6.92 Å². The number of hydrogen-bond donors (Lipinski definition) is 3. The van der Waals surface area contributed by atoms with Crippen LogP contribution in [-0.4, -0.2) is 77.5 Å². The summed E-state index contributed by atoms with van der Waals surface area (Å²) in [7, 11) is 0. The lowest BCUT2D eigenvalue weighted by Gasteiger charge is -2.27. The SMILES string of the molecule is Cc1ccc2[nH]c(=O)c(CN(CCO)C(=S)NCCCN3CCOCC3)cc2c1. The molecular weight excluding hydrogens is 388 g/mol. The number of aromatic amines is 1. The third kappa shape index (κ3) is 6.24. The normalized spacial score (nSPS) is 14.8. The number of thiocarbonyl (C=S) groups is 1. The van der Waals surface area contributed by atoms with Gasteiger partial charge < -0.3 is 25.0 Å². The molecule has 2 heterocycles. The van der Waals surface area contributed by atoms with Gasteiger partial charge in [-0.3, -0.25) is 9.69 Å². The lowest BCUT2D eigenvalue weighted by atomic mass is 10.1. The van der Waals surface area contributed by atoms with Gasteiger partial charge in [-0.05, 0) is 55.7 Å². The number of nitrogens with one attached hydrogen (secondary N) is 2. The van der Waals surface area contributed by atoms with Crippen LogP contribution < -0.4 is 10.9 Å². The number of rotatable bonds is 8. The molecule has 0 unspecified atom stereocenters. The first-order chi connectivity index (χ1) is 14.1. The van der Waals surface area contributed by atoms with Gasteiger partial charge in [-0.1, -0.05) is 11.6 Å². The molecule has 0 saturated carbocycles. The Kier molecular flexibility index (Phi) is 8.00. The first-order valence-electron chi connectivity index (χ1n) is 10.1. The summed E-state index contributed by atoms with van der Waals surface area (Å²) in [6.07, 6.45) is 0.975. The van der Waals surface area contributed by atoms with Gasteiger partial charge in [0.2, 0.25) is 0 Å². The molecular formula is C21H30N4O3S. The largest absolute Gasteiger partial charge is 0.395 e. The minimum atomic E-state index is -0.126. The molecule has 1 fully saturated rings.